The standard InChI is InChI=1S/C18H29N3O2/c1-7-8-14(21-16(22)23-17(2,3)4)15-11-13(9-10-20-15)18(5,6)12-19/h7,9-11,14H,1,8,12,19H2,2-6H3,(H,21,22)/t14-/m0/s1. The first-order valence-corrected chi connectivity index (χ1v) is 7.86. The summed E-state index contributed by atoms with van der Waals surface area (Å²) in [5.74, 6) is 0. The Bertz CT molecular complexity index is 547. The molecular formula is C18H29N3O2. The lowest BCUT2D eigenvalue weighted by Gasteiger charge is -2.26. The van der Waals surface area contributed by atoms with Gasteiger partial charge in [-0.25, -0.2) is 4.79 Å². The van der Waals surface area contributed by atoms with Gasteiger partial charge in [0.15, 0.2) is 0 Å². The van der Waals surface area contributed by atoms with Crippen molar-refractivity contribution in [3.63, 3.8) is 0 Å². The van der Waals surface area contributed by atoms with Gasteiger partial charge in [0, 0.05) is 18.2 Å². The van der Waals surface area contributed by atoms with Crippen LogP contribution in [0.15, 0.2) is 31.0 Å². The van der Waals surface area contributed by atoms with Crippen molar-refractivity contribution >= 4 is 6.09 Å². The number of amides is 1. The van der Waals surface area contributed by atoms with Crippen LogP contribution in [0.5, 0.6) is 0 Å². The Morgan fingerprint density at radius 3 is 2.61 bits per heavy atom. The summed E-state index contributed by atoms with van der Waals surface area (Å²) in [5.41, 5.74) is 7.02. The summed E-state index contributed by atoms with van der Waals surface area (Å²) in [6.07, 6.45) is 3.60. The maximum Gasteiger partial charge on any atom is 0.408 e. The number of hydrogen-bond acceptors (Lipinski definition) is 4. The lowest BCUT2D eigenvalue weighted by atomic mass is 9.84. The predicted molar refractivity (Wildman–Crippen MR) is 93.2 cm³/mol. The fourth-order valence-electron chi connectivity index (χ4n) is 2.05. The molecule has 23 heavy (non-hydrogen) atoms. The molecule has 1 atom stereocenters. The topological polar surface area (TPSA) is 77.2 Å². The average Bonchev–Trinajstić information content (AvgIpc) is 2.45. The zero-order chi connectivity index (χ0) is 17.7. The van der Waals surface area contributed by atoms with Crippen molar-refractivity contribution in [3.05, 3.63) is 42.2 Å². The fraction of sp³-hybridized carbons (Fsp3) is 0.556. The van der Waals surface area contributed by atoms with Gasteiger partial charge < -0.3 is 15.8 Å². The number of alkyl carbamates (subject to hydrolysis) is 1. The van der Waals surface area contributed by atoms with E-state index in [0.29, 0.717) is 13.0 Å². The second kappa shape index (κ2) is 7.59. The minimum Gasteiger partial charge on any atom is -0.444 e. The smallest absolute Gasteiger partial charge is 0.408 e. The Morgan fingerprint density at radius 1 is 1.43 bits per heavy atom. The number of pyridine rings is 1. The first kappa shape index (κ1) is 19.2. The molecule has 0 aromatic carbocycles. The van der Waals surface area contributed by atoms with Crippen LogP contribution in [-0.2, 0) is 10.2 Å². The maximum atomic E-state index is 12.0. The van der Waals surface area contributed by atoms with Gasteiger partial charge in [-0.3, -0.25) is 4.98 Å². The SMILES string of the molecule is C=CC[C@H](NC(=O)OC(C)(C)C)c1cc(C(C)(C)CN)ccn1. The van der Waals surface area contributed by atoms with E-state index in [1.165, 1.54) is 0 Å². The summed E-state index contributed by atoms with van der Waals surface area (Å²) < 4.78 is 5.32. The molecular weight excluding hydrogens is 290 g/mol. The monoisotopic (exact) mass is 319 g/mol. The second-order valence-corrected chi connectivity index (χ2v) is 7.28. The molecule has 0 bridgehead atoms. The molecule has 3 N–H and O–H groups in total. The Morgan fingerprint density at radius 2 is 2.09 bits per heavy atom. The van der Waals surface area contributed by atoms with E-state index in [1.807, 2.05) is 32.9 Å². The van der Waals surface area contributed by atoms with Gasteiger partial charge in [-0.15, -0.1) is 6.58 Å². The highest BCUT2D eigenvalue weighted by Crippen LogP contribution is 2.25. The molecule has 1 rings (SSSR count). The number of hydrogen-bond donors (Lipinski definition) is 2. The number of carbonyl (C=O) groups is 1. The first-order chi connectivity index (χ1) is 10.6. The number of nitrogens with one attached hydrogen (secondary N) is 1. The van der Waals surface area contributed by atoms with Gasteiger partial charge in [0.1, 0.15) is 5.60 Å². The van der Waals surface area contributed by atoms with Crippen molar-refractivity contribution in [2.45, 2.75) is 58.1 Å². The molecule has 5 heteroatoms. The van der Waals surface area contributed by atoms with Crippen molar-refractivity contribution in [1.29, 1.82) is 0 Å². The molecule has 5 nitrogen and oxygen atoms in total. The van der Waals surface area contributed by atoms with E-state index in [-0.39, 0.29) is 11.5 Å². The highest BCUT2D eigenvalue weighted by molar-refractivity contribution is 5.68. The van der Waals surface area contributed by atoms with E-state index in [4.69, 9.17) is 10.5 Å². The van der Waals surface area contributed by atoms with Crippen LogP contribution in [0, 0.1) is 0 Å². The number of ether oxygens (including phenoxy) is 1. The van der Waals surface area contributed by atoms with Crippen molar-refractivity contribution in [3.8, 4) is 0 Å². The largest absolute Gasteiger partial charge is 0.444 e. The van der Waals surface area contributed by atoms with Crippen molar-refractivity contribution < 1.29 is 9.53 Å². The third kappa shape index (κ3) is 6.02. The summed E-state index contributed by atoms with van der Waals surface area (Å²) >= 11 is 0. The van der Waals surface area contributed by atoms with E-state index >= 15 is 0 Å². The number of aromatic nitrogens is 1. The van der Waals surface area contributed by atoms with Crippen molar-refractivity contribution in [1.82, 2.24) is 10.3 Å². The van der Waals surface area contributed by atoms with Crippen molar-refractivity contribution in [2.75, 3.05) is 6.54 Å². The molecule has 0 aliphatic rings. The lowest BCUT2D eigenvalue weighted by Crippen LogP contribution is -2.35. The normalized spacial score (nSPS) is 13.3. The van der Waals surface area contributed by atoms with Gasteiger partial charge in [0.05, 0.1) is 11.7 Å². The Balaban J connectivity index is 3.00. The number of rotatable bonds is 6. The van der Waals surface area contributed by atoms with Crippen LogP contribution in [0.4, 0.5) is 4.79 Å². The van der Waals surface area contributed by atoms with Gasteiger partial charge >= 0.3 is 6.09 Å². The van der Waals surface area contributed by atoms with Gasteiger partial charge in [-0.05, 0) is 44.9 Å². The van der Waals surface area contributed by atoms with E-state index < -0.39 is 11.7 Å². The van der Waals surface area contributed by atoms with Crippen LogP contribution in [-0.4, -0.2) is 23.2 Å². The zero-order valence-electron chi connectivity index (χ0n) is 14.8. The molecule has 1 amide bonds. The summed E-state index contributed by atoms with van der Waals surface area (Å²) in [4.78, 5) is 16.4. The van der Waals surface area contributed by atoms with Crippen LogP contribution >= 0.6 is 0 Å². The van der Waals surface area contributed by atoms with Crippen LogP contribution < -0.4 is 11.1 Å². The molecule has 0 fully saturated rings. The molecule has 0 saturated heterocycles. The Kier molecular flexibility index (Phi) is 6.33. The first-order valence-electron chi connectivity index (χ1n) is 7.86. The third-order valence-corrected chi connectivity index (χ3v) is 3.52. The zero-order valence-corrected chi connectivity index (χ0v) is 14.8. The highest BCUT2D eigenvalue weighted by atomic mass is 16.6. The van der Waals surface area contributed by atoms with Crippen LogP contribution in [0.2, 0.25) is 0 Å². The molecule has 1 heterocycles. The molecule has 0 spiro atoms. The summed E-state index contributed by atoms with van der Waals surface area (Å²) in [5, 5.41) is 2.86. The fourth-order valence-corrected chi connectivity index (χ4v) is 2.05. The molecule has 1 aromatic rings. The van der Waals surface area contributed by atoms with Crippen molar-refractivity contribution in [2.24, 2.45) is 5.73 Å². The molecule has 0 aliphatic carbocycles. The lowest BCUT2D eigenvalue weighted by molar-refractivity contribution is 0.0503. The summed E-state index contributed by atoms with van der Waals surface area (Å²) in [6, 6.07) is 3.66. The van der Waals surface area contributed by atoms with E-state index in [0.717, 1.165) is 11.3 Å². The number of nitrogens with two attached hydrogens (primary N) is 1. The Labute approximate surface area is 139 Å². The van der Waals surface area contributed by atoms with Gasteiger partial charge in [-0.1, -0.05) is 19.9 Å². The molecule has 0 aliphatic heterocycles. The predicted octanol–water partition coefficient (Wildman–Crippen LogP) is 3.46. The van der Waals surface area contributed by atoms with Crippen LogP contribution in [0.25, 0.3) is 0 Å². The van der Waals surface area contributed by atoms with Gasteiger partial charge in [0.2, 0.25) is 0 Å². The minimum atomic E-state index is -0.542. The number of carbonyl (C=O) groups excluding carboxylic acids is 1. The quantitative estimate of drug-likeness (QED) is 0.787. The second-order valence-electron chi connectivity index (χ2n) is 7.28. The maximum absolute atomic E-state index is 12.0. The van der Waals surface area contributed by atoms with E-state index in [1.54, 1.807) is 12.3 Å². The average molecular weight is 319 g/mol. The highest BCUT2D eigenvalue weighted by Gasteiger charge is 2.23. The van der Waals surface area contributed by atoms with Crippen LogP contribution in [0.3, 0.4) is 0 Å². The molecule has 0 saturated carbocycles. The minimum absolute atomic E-state index is 0.150. The van der Waals surface area contributed by atoms with Crippen LogP contribution in [0.1, 0.15) is 58.3 Å². The third-order valence-electron chi connectivity index (χ3n) is 3.52. The van der Waals surface area contributed by atoms with Gasteiger partial charge in [0.25, 0.3) is 0 Å². The summed E-state index contributed by atoms with van der Waals surface area (Å²) in [6.45, 7) is 13.9. The molecule has 0 radical (unpaired) electrons. The molecule has 0 unspecified atom stereocenters. The molecule has 1 aromatic heterocycles. The van der Waals surface area contributed by atoms with Gasteiger partial charge in [-0.2, -0.15) is 0 Å². The number of nitrogens with zero attached hydrogens (tertiary/aromatic N) is 1. The van der Waals surface area contributed by atoms with E-state index in [9.17, 15) is 4.79 Å². The molecule has 128 valence electrons. The Hall–Kier alpha value is -1.88. The summed E-state index contributed by atoms with van der Waals surface area (Å²) in [7, 11) is 0. The van der Waals surface area contributed by atoms with E-state index in [2.05, 4.69) is 30.7 Å².